The summed E-state index contributed by atoms with van der Waals surface area (Å²) in [5.74, 6) is 0.774. The average Bonchev–Trinajstić information content (AvgIpc) is 3.33. The van der Waals surface area contributed by atoms with E-state index >= 15 is 0 Å². The molecule has 1 aromatic carbocycles. The van der Waals surface area contributed by atoms with Gasteiger partial charge in [0, 0.05) is 44.4 Å². The molecule has 0 bridgehead atoms. The van der Waals surface area contributed by atoms with Crippen LogP contribution in [0.15, 0.2) is 29.3 Å². The fourth-order valence-corrected chi connectivity index (χ4v) is 4.42. The fraction of sp³-hybridized carbons (Fsp3) is 0.680. The molecule has 0 spiro atoms. The number of hydrogen-bond donors (Lipinski definition) is 3. The lowest BCUT2D eigenvalue weighted by Crippen LogP contribution is -2.41. The number of nitrogens with one attached hydrogen (secondary N) is 3. The molecule has 0 aromatic heterocycles. The van der Waals surface area contributed by atoms with Gasteiger partial charge in [-0.3, -0.25) is 4.79 Å². The lowest BCUT2D eigenvalue weighted by Gasteiger charge is -2.33. The highest BCUT2D eigenvalue weighted by molar-refractivity contribution is 14.0. The molecule has 2 unspecified atom stereocenters. The predicted molar refractivity (Wildman–Crippen MR) is 145 cm³/mol. The van der Waals surface area contributed by atoms with Gasteiger partial charge in [0.1, 0.15) is 0 Å². The summed E-state index contributed by atoms with van der Waals surface area (Å²) in [5, 5.41) is 9.76. The van der Waals surface area contributed by atoms with E-state index in [-0.39, 0.29) is 36.0 Å². The summed E-state index contributed by atoms with van der Waals surface area (Å²) >= 11 is 0. The van der Waals surface area contributed by atoms with Gasteiger partial charge in [-0.05, 0) is 70.2 Å². The van der Waals surface area contributed by atoms with Gasteiger partial charge in [0.2, 0.25) is 0 Å². The maximum atomic E-state index is 12.5. The summed E-state index contributed by atoms with van der Waals surface area (Å²) in [5.41, 5.74) is 1.69. The minimum absolute atomic E-state index is 0. The number of carbonyl (C=O) groups is 1. The fourth-order valence-electron chi connectivity index (χ4n) is 4.42. The molecule has 33 heavy (non-hydrogen) atoms. The molecule has 1 amide bonds. The lowest BCUT2D eigenvalue weighted by atomic mass is 10.0. The van der Waals surface area contributed by atoms with Gasteiger partial charge in [0.25, 0.3) is 5.91 Å². The molecule has 186 valence electrons. The summed E-state index contributed by atoms with van der Waals surface area (Å²) in [6, 6.07) is 8.42. The van der Waals surface area contributed by atoms with Crippen LogP contribution in [-0.2, 0) is 11.3 Å². The van der Waals surface area contributed by atoms with E-state index in [9.17, 15) is 4.79 Å². The number of amides is 1. The third-order valence-corrected chi connectivity index (χ3v) is 6.32. The van der Waals surface area contributed by atoms with Crippen LogP contribution >= 0.6 is 24.0 Å². The molecule has 3 N–H and O–H groups in total. The molecule has 2 aliphatic heterocycles. The van der Waals surface area contributed by atoms with Crippen LogP contribution in [0.25, 0.3) is 0 Å². The van der Waals surface area contributed by atoms with Crippen LogP contribution in [0.5, 0.6) is 0 Å². The number of rotatable bonds is 10. The smallest absolute Gasteiger partial charge is 0.251 e. The number of aliphatic imine (C=N–C) groups is 1. The second kappa shape index (κ2) is 15.5. The Morgan fingerprint density at radius 3 is 2.82 bits per heavy atom. The Morgan fingerprint density at radius 2 is 2.06 bits per heavy atom. The predicted octanol–water partition coefficient (Wildman–Crippen LogP) is 3.53. The highest BCUT2D eigenvalue weighted by atomic mass is 127. The minimum atomic E-state index is -0.0525. The second-order valence-electron chi connectivity index (χ2n) is 8.90. The van der Waals surface area contributed by atoms with Crippen molar-refractivity contribution in [2.45, 2.75) is 71.1 Å². The summed E-state index contributed by atoms with van der Waals surface area (Å²) in [6.45, 7) is 10.4. The topological polar surface area (TPSA) is 78.0 Å². The SMILES string of the molecule is CCNC(=NCc1cccc(C(=O)NCC2CCCO2)c1)NCCCN1CCCCC1C.I. The van der Waals surface area contributed by atoms with E-state index in [0.717, 1.165) is 57.0 Å². The Morgan fingerprint density at radius 1 is 1.18 bits per heavy atom. The summed E-state index contributed by atoms with van der Waals surface area (Å²) in [4.78, 5) is 19.8. The van der Waals surface area contributed by atoms with Crippen molar-refractivity contribution < 1.29 is 9.53 Å². The average molecular weight is 572 g/mol. The highest BCUT2D eigenvalue weighted by Crippen LogP contribution is 2.16. The van der Waals surface area contributed by atoms with Gasteiger partial charge in [0.05, 0.1) is 12.6 Å². The van der Waals surface area contributed by atoms with Crippen LogP contribution in [0.1, 0.15) is 68.3 Å². The normalized spacial score (nSPS) is 21.3. The monoisotopic (exact) mass is 571 g/mol. The molecular formula is C25H42IN5O2. The van der Waals surface area contributed by atoms with Crippen LogP contribution in [0.2, 0.25) is 0 Å². The van der Waals surface area contributed by atoms with Crippen molar-refractivity contribution in [3.05, 3.63) is 35.4 Å². The molecule has 0 radical (unpaired) electrons. The molecule has 0 saturated carbocycles. The quantitative estimate of drug-likeness (QED) is 0.173. The van der Waals surface area contributed by atoms with Crippen molar-refractivity contribution in [3.8, 4) is 0 Å². The zero-order valence-electron chi connectivity index (χ0n) is 20.3. The first-order chi connectivity index (χ1) is 15.7. The number of benzene rings is 1. The van der Waals surface area contributed by atoms with Crippen LogP contribution in [0.4, 0.5) is 0 Å². The third kappa shape index (κ3) is 9.78. The van der Waals surface area contributed by atoms with E-state index in [0.29, 0.717) is 24.7 Å². The van der Waals surface area contributed by atoms with Crippen LogP contribution < -0.4 is 16.0 Å². The molecule has 1 aromatic rings. The number of ether oxygens (including phenoxy) is 1. The Hall–Kier alpha value is -1.39. The van der Waals surface area contributed by atoms with Gasteiger partial charge in [-0.1, -0.05) is 18.6 Å². The number of hydrogen-bond acceptors (Lipinski definition) is 4. The molecule has 3 rings (SSSR count). The Labute approximate surface area is 216 Å². The van der Waals surface area contributed by atoms with Crippen molar-refractivity contribution in [3.63, 3.8) is 0 Å². The van der Waals surface area contributed by atoms with Crippen LogP contribution in [0.3, 0.4) is 0 Å². The van der Waals surface area contributed by atoms with Crippen molar-refractivity contribution in [2.24, 2.45) is 4.99 Å². The first kappa shape index (κ1) is 27.9. The molecule has 8 heteroatoms. The van der Waals surface area contributed by atoms with Gasteiger partial charge < -0.3 is 25.6 Å². The molecular weight excluding hydrogens is 529 g/mol. The number of carbonyl (C=O) groups excluding carboxylic acids is 1. The maximum absolute atomic E-state index is 12.5. The number of likely N-dealkylation sites (tertiary alicyclic amines) is 1. The number of nitrogens with zero attached hydrogens (tertiary/aromatic N) is 2. The second-order valence-corrected chi connectivity index (χ2v) is 8.90. The Kier molecular flexibility index (Phi) is 13.1. The zero-order chi connectivity index (χ0) is 22.6. The lowest BCUT2D eigenvalue weighted by molar-refractivity contribution is 0.0857. The van der Waals surface area contributed by atoms with Gasteiger partial charge >= 0.3 is 0 Å². The Bertz CT molecular complexity index is 739. The van der Waals surface area contributed by atoms with E-state index < -0.39 is 0 Å². The molecule has 2 aliphatic rings. The molecule has 2 heterocycles. The molecule has 2 saturated heterocycles. The third-order valence-electron chi connectivity index (χ3n) is 6.32. The molecule has 0 aliphatic carbocycles. The van der Waals surface area contributed by atoms with Crippen molar-refractivity contribution in [1.82, 2.24) is 20.9 Å². The van der Waals surface area contributed by atoms with E-state index in [1.54, 1.807) is 0 Å². The van der Waals surface area contributed by atoms with Crippen molar-refractivity contribution in [1.29, 1.82) is 0 Å². The van der Waals surface area contributed by atoms with E-state index in [1.165, 1.54) is 25.8 Å². The zero-order valence-corrected chi connectivity index (χ0v) is 22.6. The Balaban J connectivity index is 0.00000385. The summed E-state index contributed by atoms with van der Waals surface area (Å²) in [6.07, 6.45) is 7.37. The minimum Gasteiger partial charge on any atom is -0.376 e. The van der Waals surface area contributed by atoms with Crippen LogP contribution in [0, 0.1) is 0 Å². The summed E-state index contributed by atoms with van der Waals surface area (Å²) in [7, 11) is 0. The first-order valence-corrected chi connectivity index (χ1v) is 12.4. The van der Waals surface area contributed by atoms with Gasteiger partial charge in [-0.15, -0.1) is 24.0 Å². The van der Waals surface area contributed by atoms with E-state index in [4.69, 9.17) is 9.73 Å². The van der Waals surface area contributed by atoms with Crippen molar-refractivity contribution in [2.75, 3.05) is 39.3 Å². The molecule has 2 fully saturated rings. The maximum Gasteiger partial charge on any atom is 0.251 e. The van der Waals surface area contributed by atoms with Gasteiger partial charge in [-0.25, -0.2) is 4.99 Å². The highest BCUT2D eigenvalue weighted by Gasteiger charge is 2.18. The first-order valence-electron chi connectivity index (χ1n) is 12.4. The van der Waals surface area contributed by atoms with Crippen LogP contribution in [-0.4, -0.2) is 68.2 Å². The van der Waals surface area contributed by atoms with E-state index in [2.05, 4.69) is 34.7 Å². The number of guanidine groups is 1. The largest absolute Gasteiger partial charge is 0.376 e. The van der Waals surface area contributed by atoms with Gasteiger partial charge in [-0.2, -0.15) is 0 Å². The standard InChI is InChI=1S/C25H41N5O2.HI/c1-3-26-25(27-13-8-15-30-14-5-4-9-20(30)2)29-18-21-10-6-11-22(17-21)24(31)28-19-23-12-7-16-32-23;/h6,10-11,17,20,23H,3-5,7-9,12-16,18-19H2,1-2H3,(H,28,31)(H2,26,27,29);1H. The van der Waals surface area contributed by atoms with Gasteiger partial charge in [0.15, 0.2) is 5.96 Å². The molecule has 2 atom stereocenters. The summed E-state index contributed by atoms with van der Waals surface area (Å²) < 4.78 is 5.58. The van der Waals surface area contributed by atoms with E-state index in [1.807, 2.05) is 24.3 Å². The molecule has 7 nitrogen and oxygen atoms in total. The number of halogens is 1. The van der Waals surface area contributed by atoms with Crippen molar-refractivity contribution >= 4 is 35.8 Å². The number of piperidine rings is 1.